The van der Waals surface area contributed by atoms with Crippen molar-refractivity contribution < 1.29 is 38.5 Å². The molecule has 1 unspecified atom stereocenters. The highest BCUT2D eigenvalue weighted by atomic mass is 16.6. The normalized spacial score (nSPS) is 15.5. The van der Waals surface area contributed by atoms with E-state index in [2.05, 4.69) is 42.2 Å². The van der Waals surface area contributed by atoms with Crippen molar-refractivity contribution in [1.82, 2.24) is 15.5 Å². The molecule has 3 amide bonds. The van der Waals surface area contributed by atoms with Crippen LogP contribution in [0.2, 0.25) is 0 Å². The van der Waals surface area contributed by atoms with E-state index >= 15 is 0 Å². The lowest BCUT2D eigenvalue weighted by atomic mass is 9.88. The Bertz CT molecular complexity index is 1120. The van der Waals surface area contributed by atoms with Crippen molar-refractivity contribution in [2.75, 3.05) is 26.4 Å². The van der Waals surface area contributed by atoms with Gasteiger partial charge in [-0.15, -0.1) is 0 Å². The van der Waals surface area contributed by atoms with Crippen molar-refractivity contribution >= 4 is 23.9 Å². The molecule has 1 aromatic rings. The molecule has 1 aromatic carbocycles. The van der Waals surface area contributed by atoms with Crippen LogP contribution in [0.1, 0.15) is 120 Å². The zero-order valence-corrected chi connectivity index (χ0v) is 30.0. The minimum atomic E-state index is -0.775. The van der Waals surface area contributed by atoms with Crippen LogP contribution in [-0.4, -0.2) is 71.5 Å². The van der Waals surface area contributed by atoms with Crippen LogP contribution >= 0.6 is 0 Å². The van der Waals surface area contributed by atoms with Crippen LogP contribution in [0.15, 0.2) is 18.2 Å². The Balaban J connectivity index is 0. The van der Waals surface area contributed by atoms with Crippen LogP contribution in [-0.2, 0) is 23.9 Å². The van der Waals surface area contributed by atoms with E-state index in [9.17, 15) is 19.2 Å². The van der Waals surface area contributed by atoms with E-state index < -0.39 is 30.4 Å². The molecule has 12 nitrogen and oxygen atoms in total. The molecule has 1 atom stereocenters. The van der Waals surface area contributed by atoms with Crippen molar-refractivity contribution in [2.24, 2.45) is 5.92 Å². The monoisotopic (exact) mass is 650 g/mol. The van der Waals surface area contributed by atoms with E-state index in [0.717, 1.165) is 36.6 Å². The molecule has 3 N–H and O–H groups in total. The number of esters is 1. The number of alkyl carbamates (subject to hydrolysis) is 1. The summed E-state index contributed by atoms with van der Waals surface area (Å²) >= 11 is 0. The fourth-order valence-corrected chi connectivity index (χ4v) is 3.99. The van der Waals surface area contributed by atoms with Gasteiger partial charge in [0.15, 0.2) is 6.79 Å². The first-order valence-electron chi connectivity index (χ1n) is 16.0. The summed E-state index contributed by atoms with van der Waals surface area (Å²) in [5, 5.41) is 21.7. The Morgan fingerprint density at radius 1 is 1.11 bits per heavy atom. The summed E-state index contributed by atoms with van der Waals surface area (Å²) < 4.78 is 15.1. The van der Waals surface area contributed by atoms with Gasteiger partial charge in [0.05, 0.1) is 17.7 Å². The lowest BCUT2D eigenvalue weighted by Gasteiger charge is -2.41. The smallest absolute Gasteiger partial charge is 0.408 e. The highest BCUT2D eigenvalue weighted by Gasteiger charge is 2.39. The molecule has 2 aliphatic heterocycles. The van der Waals surface area contributed by atoms with Gasteiger partial charge in [0, 0.05) is 24.9 Å². The molecule has 3 rings (SSSR count). The second-order valence-electron chi connectivity index (χ2n) is 12.1. The molecule has 0 bridgehead atoms. The first-order chi connectivity index (χ1) is 21.5. The number of nitrogens with one attached hydrogen (secondary N) is 2. The van der Waals surface area contributed by atoms with E-state index in [1.165, 1.54) is 0 Å². The minimum absolute atomic E-state index is 0.0250. The number of benzene rings is 1. The number of carbonyl (C=O) groups is 4. The van der Waals surface area contributed by atoms with Crippen LogP contribution in [0.25, 0.3) is 0 Å². The van der Waals surface area contributed by atoms with Gasteiger partial charge in [-0.25, -0.2) is 4.79 Å². The average molecular weight is 651 g/mol. The Labute approximate surface area is 276 Å². The summed E-state index contributed by atoms with van der Waals surface area (Å²) in [6.07, 6.45) is 1.59. The minimum Gasteiger partial charge on any atom is -0.487 e. The van der Waals surface area contributed by atoms with Gasteiger partial charge in [-0.1, -0.05) is 48.5 Å². The van der Waals surface area contributed by atoms with Crippen molar-refractivity contribution in [2.45, 2.75) is 120 Å². The first-order valence-corrected chi connectivity index (χ1v) is 16.0. The van der Waals surface area contributed by atoms with Crippen molar-refractivity contribution in [3.05, 3.63) is 29.3 Å². The quantitative estimate of drug-likeness (QED) is 0.262. The fourth-order valence-electron chi connectivity index (χ4n) is 3.99. The highest BCUT2D eigenvalue weighted by Crippen LogP contribution is 2.44. The SMILES string of the molecule is CC.CC.CC(C)(C)OC(=O)NCC(=O)NCC(=O)OCO.CC(C)C.CC1(C)CC(N2CCCC2=O)c2cc(C#N)ccc2O1. The third-order valence-electron chi connectivity index (χ3n) is 5.50. The van der Waals surface area contributed by atoms with Crippen molar-refractivity contribution in [3.63, 3.8) is 0 Å². The molecule has 1 saturated heterocycles. The van der Waals surface area contributed by atoms with E-state index in [4.69, 9.17) is 19.8 Å². The number of aliphatic hydroxyl groups excluding tert-OH is 1. The number of nitrogens with zero attached hydrogens (tertiary/aromatic N) is 2. The number of carbonyl (C=O) groups excluding carboxylic acids is 4. The summed E-state index contributed by atoms with van der Waals surface area (Å²) in [6, 6.07) is 7.66. The third-order valence-corrected chi connectivity index (χ3v) is 5.50. The van der Waals surface area contributed by atoms with Crippen LogP contribution in [0.5, 0.6) is 5.75 Å². The van der Waals surface area contributed by atoms with Crippen LogP contribution in [0, 0.1) is 17.2 Å². The van der Waals surface area contributed by atoms with E-state index in [0.29, 0.717) is 12.0 Å². The summed E-state index contributed by atoms with van der Waals surface area (Å²) in [7, 11) is 0. The van der Waals surface area contributed by atoms with Gasteiger partial charge in [0.2, 0.25) is 11.8 Å². The van der Waals surface area contributed by atoms with Gasteiger partial charge in [-0.2, -0.15) is 5.26 Å². The topological polar surface area (TPSA) is 167 Å². The molecule has 262 valence electrons. The molecule has 0 aromatic heterocycles. The number of fused-ring (bicyclic) bond motifs is 1. The maximum atomic E-state index is 12.1. The second-order valence-corrected chi connectivity index (χ2v) is 12.1. The maximum absolute atomic E-state index is 12.1. The van der Waals surface area contributed by atoms with Gasteiger partial charge < -0.3 is 34.9 Å². The maximum Gasteiger partial charge on any atom is 0.408 e. The molecule has 46 heavy (non-hydrogen) atoms. The standard InChI is InChI=1S/C16H18N2O2.C10H18N2O6.C4H10.2C2H6/c1-16(2)9-13(18-7-3-4-15(18)19)12-8-11(10-17)5-6-14(12)20-16;1-10(2,3)18-9(16)12-4-7(14)11-5-8(15)17-6-13;1-4(2)3;2*1-2/h5-6,8,13H,3-4,7,9H2,1-2H3;13H,4-6H2,1-3H3,(H,11,14)(H,12,16);4H,1-3H3;2*1-2H3. The van der Waals surface area contributed by atoms with Gasteiger partial charge in [-0.05, 0) is 65.2 Å². The summed E-state index contributed by atoms with van der Waals surface area (Å²) in [6.45, 7) is 23.0. The van der Waals surface area contributed by atoms with E-state index in [1.54, 1.807) is 26.8 Å². The van der Waals surface area contributed by atoms with Gasteiger partial charge >= 0.3 is 12.1 Å². The summed E-state index contributed by atoms with van der Waals surface area (Å²) in [4.78, 5) is 47.1. The van der Waals surface area contributed by atoms with Crippen molar-refractivity contribution in [3.8, 4) is 11.8 Å². The molecule has 12 heteroatoms. The first kappa shape index (κ1) is 44.3. The number of nitriles is 1. The molecule has 2 aliphatic rings. The number of hydrogen-bond donors (Lipinski definition) is 3. The number of aliphatic hydroxyl groups is 1. The Morgan fingerprint density at radius 3 is 2.17 bits per heavy atom. The second kappa shape index (κ2) is 22.6. The van der Waals surface area contributed by atoms with Crippen LogP contribution in [0.4, 0.5) is 4.79 Å². The fraction of sp³-hybridized carbons (Fsp3) is 0.676. The van der Waals surface area contributed by atoms with Gasteiger partial charge in [-0.3, -0.25) is 14.4 Å². The molecule has 1 fully saturated rings. The number of likely N-dealkylation sites (tertiary alicyclic amines) is 1. The molecule has 0 saturated carbocycles. The number of hydrogen-bond acceptors (Lipinski definition) is 9. The third kappa shape index (κ3) is 18.8. The molecule has 0 aliphatic carbocycles. The summed E-state index contributed by atoms with van der Waals surface area (Å²) in [5.41, 5.74) is 0.641. The lowest BCUT2D eigenvalue weighted by Crippen LogP contribution is -2.42. The molecule has 0 radical (unpaired) electrons. The molecule has 2 heterocycles. The zero-order chi connectivity index (χ0) is 36.1. The van der Waals surface area contributed by atoms with Crippen LogP contribution in [0.3, 0.4) is 0 Å². The Kier molecular flexibility index (Phi) is 21.8. The number of ether oxygens (including phenoxy) is 3. The van der Waals surface area contributed by atoms with Gasteiger partial charge in [0.1, 0.15) is 30.0 Å². The predicted molar refractivity (Wildman–Crippen MR) is 178 cm³/mol. The Hall–Kier alpha value is -3.85. The zero-order valence-electron chi connectivity index (χ0n) is 30.0. The average Bonchev–Trinajstić information content (AvgIpc) is 3.41. The lowest BCUT2D eigenvalue weighted by molar-refractivity contribution is -0.151. The molecular weight excluding hydrogens is 592 g/mol. The molecule has 0 spiro atoms. The summed E-state index contributed by atoms with van der Waals surface area (Å²) in [5.74, 6) is 0.491. The molecular formula is C34H58N4O8. The Morgan fingerprint density at radius 2 is 1.70 bits per heavy atom. The predicted octanol–water partition coefficient (Wildman–Crippen LogP) is 5.62. The largest absolute Gasteiger partial charge is 0.487 e. The highest BCUT2D eigenvalue weighted by molar-refractivity contribution is 5.85. The number of amides is 3. The van der Waals surface area contributed by atoms with Gasteiger partial charge in [0.25, 0.3) is 0 Å². The van der Waals surface area contributed by atoms with Crippen molar-refractivity contribution in [1.29, 1.82) is 5.26 Å². The van der Waals surface area contributed by atoms with Crippen LogP contribution < -0.4 is 15.4 Å². The van der Waals surface area contributed by atoms with E-state index in [1.807, 2.05) is 58.6 Å². The number of rotatable bonds is 6. The van der Waals surface area contributed by atoms with E-state index in [-0.39, 0.29) is 30.6 Å².